The van der Waals surface area contributed by atoms with Crippen LogP contribution in [0.15, 0.2) is 52.9 Å². The van der Waals surface area contributed by atoms with Gasteiger partial charge in [0.2, 0.25) is 5.91 Å². The first-order valence-electron chi connectivity index (χ1n) is 9.24. The van der Waals surface area contributed by atoms with Crippen molar-refractivity contribution in [1.29, 1.82) is 0 Å². The van der Waals surface area contributed by atoms with Gasteiger partial charge in [-0.2, -0.15) is 0 Å². The molecule has 1 heterocycles. The maximum Gasteiger partial charge on any atom is 0.259 e. The molecule has 1 fully saturated rings. The van der Waals surface area contributed by atoms with Gasteiger partial charge in [-0.05, 0) is 25.0 Å². The third-order valence-electron chi connectivity index (χ3n) is 4.33. The van der Waals surface area contributed by atoms with Gasteiger partial charge in [-0.25, -0.2) is 13.8 Å². The van der Waals surface area contributed by atoms with E-state index in [1.807, 2.05) is 30.3 Å². The Hall–Kier alpha value is -2.78. The minimum absolute atomic E-state index is 0.0575. The highest BCUT2D eigenvalue weighted by Crippen LogP contribution is 2.38. The van der Waals surface area contributed by atoms with Crippen molar-refractivity contribution in [2.24, 2.45) is 0 Å². The van der Waals surface area contributed by atoms with E-state index in [1.165, 1.54) is 23.1 Å². The Morgan fingerprint density at radius 2 is 1.90 bits per heavy atom. The number of amides is 2. The van der Waals surface area contributed by atoms with Gasteiger partial charge in [-0.15, -0.1) is 0 Å². The molecule has 4 rings (SSSR count). The fourth-order valence-electron chi connectivity index (χ4n) is 2.71. The molecule has 9 heteroatoms. The SMILES string of the molecule is O=C(CSc1nc(-c2ccccc2)c(NC(=O)c2ccc(F)cc2F)s1)NC1CC1. The van der Waals surface area contributed by atoms with E-state index in [-0.39, 0.29) is 23.3 Å². The largest absolute Gasteiger partial charge is 0.353 e. The average molecular weight is 446 g/mol. The molecular formula is C21H17F2N3O2S2. The molecule has 5 nitrogen and oxygen atoms in total. The van der Waals surface area contributed by atoms with Gasteiger partial charge in [0, 0.05) is 17.7 Å². The molecule has 1 aromatic heterocycles. The van der Waals surface area contributed by atoms with Crippen LogP contribution in [-0.4, -0.2) is 28.6 Å². The molecule has 30 heavy (non-hydrogen) atoms. The lowest BCUT2D eigenvalue weighted by Crippen LogP contribution is -2.26. The van der Waals surface area contributed by atoms with Crippen LogP contribution < -0.4 is 10.6 Å². The monoisotopic (exact) mass is 445 g/mol. The maximum absolute atomic E-state index is 14.0. The summed E-state index contributed by atoms with van der Waals surface area (Å²) in [5.74, 6) is -2.23. The van der Waals surface area contributed by atoms with E-state index in [0.717, 1.165) is 30.5 Å². The summed E-state index contributed by atoms with van der Waals surface area (Å²) in [5.41, 5.74) is 1.04. The number of carbonyl (C=O) groups excluding carboxylic acids is 2. The van der Waals surface area contributed by atoms with Gasteiger partial charge in [-0.3, -0.25) is 9.59 Å². The standard InChI is InChI=1S/C21H17F2N3O2S2/c22-13-6-9-15(16(23)10-13)19(28)26-20-18(12-4-2-1-3-5-12)25-21(30-20)29-11-17(27)24-14-7-8-14/h1-6,9-10,14H,7-8,11H2,(H,24,27)(H,26,28). The topological polar surface area (TPSA) is 71.1 Å². The van der Waals surface area contributed by atoms with Crippen LogP contribution in [-0.2, 0) is 4.79 Å². The second-order valence-corrected chi connectivity index (χ2v) is 8.95. The van der Waals surface area contributed by atoms with Crippen molar-refractivity contribution in [1.82, 2.24) is 10.3 Å². The van der Waals surface area contributed by atoms with Crippen molar-refractivity contribution in [2.45, 2.75) is 23.2 Å². The van der Waals surface area contributed by atoms with Gasteiger partial charge in [0.15, 0.2) is 4.34 Å². The number of hydrogen-bond donors (Lipinski definition) is 2. The van der Waals surface area contributed by atoms with E-state index in [0.29, 0.717) is 21.1 Å². The second-order valence-electron chi connectivity index (χ2n) is 6.73. The van der Waals surface area contributed by atoms with Crippen molar-refractivity contribution in [3.8, 4) is 11.3 Å². The molecule has 0 radical (unpaired) electrons. The number of halogens is 2. The van der Waals surface area contributed by atoms with Crippen molar-refractivity contribution in [3.63, 3.8) is 0 Å². The molecule has 2 N–H and O–H groups in total. The van der Waals surface area contributed by atoms with E-state index < -0.39 is 17.5 Å². The summed E-state index contributed by atoms with van der Waals surface area (Å²) in [6.07, 6.45) is 2.03. The van der Waals surface area contributed by atoms with Gasteiger partial charge in [0.25, 0.3) is 5.91 Å². The first-order chi connectivity index (χ1) is 14.5. The molecule has 154 valence electrons. The van der Waals surface area contributed by atoms with Gasteiger partial charge in [-0.1, -0.05) is 53.4 Å². The van der Waals surface area contributed by atoms with Crippen molar-refractivity contribution < 1.29 is 18.4 Å². The predicted octanol–water partition coefficient (Wildman–Crippen LogP) is 4.71. The Bertz CT molecular complexity index is 1090. The first-order valence-corrected chi connectivity index (χ1v) is 11.0. The van der Waals surface area contributed by atoms with Crippen LogP contribution in [0.4, 0.5) is 13.8 Å². The molecule has 0 bridgehead atoms. The molecule has 0 spiro atoms. The lowest BCUT2D eigenvalue weighted by atomic mass is 10.1. The van der Waals surface area contributed by atoms with E-state index >= 15 is 0 Å². The molecule has 3 aromatic rings. The van der Waals surface area contributed by atoms with Crippen molar-refractivity contribution in [2.75, 3.05) is 11.1 Å². The van der Waals surface area contributed by atoms with E-state index in [9.17, 15) is 18.4 Å². The summed E-state index contributed by atoms with van der Waals surface area (Å²) in [4.78, 5) is 29.1. The number of benzene rings is 2. The van der Waals surface area contributed by atoms with Crippen molar-refractivity contribution in [3.05, 3.63) is 65.7 Å². The van der Waals surface area contributed by atoms with Crippen LogP contribution in [0.25, 0.3) is 11.3 Å². The number of carbonyl (C=O) groups is 2. The molecule has 1 aliphatic rings. The first kappa shape index (κ1) is 20.5. The van der Waals surface area contributed by atoms with E-state index in [4.69, 9.17) is 0 Å². The molecule has 0 unspecified atom stereocenters. The highest BCUT2D eigenvalue weighted by molar-refractivity contribution is 8.01. The van der Waals surface area contributed by atoms with Gasteiger partial charge >= 0.3 is 0 Å². The normalized spacial score (nSPS) is 13.1. The van der Waals surface area contributed by atoms with Crippen LogP contribution in [0.1, 0.15) is 23.2 Å². The zero-order valence-corrected chi connectivity index (χ0v) is 17.3. The summed E-state index contributed by atoms with van der Waals surface area (Å²) in [7, 11) is 0. The number of nitrogens with one attached hydrogen (secondary N) is 2. The molecule has 2 aromatic carbocycles. The highest BCUT2D eigenvalue weighted by atomic mass is 32.2. The number of thiazole rings is 1. The third kappa shape index (κ3) is 5.03. The predicted molar refractivity (Wildman–Crippen MR) is 114 cm³/mol. The lowest BCUT2D eigenvalue weighted by Gasteiger charge is -2.06. The summed E-state index contributed by atoms with van der Waals surface area (Å²) < 4.78 is 27.7. The summed E-state index contributed by atoms with van der Waals surface area (Å²) >= 11 is 2.48. The van der Waals surface area contributed by atoms with E-state index in [2.05, 4.69) is 15.6 Å². The van der Waals surface area contributed by atoms with E-state index in [1.54, 1.807) is 0 Å². The minimum atomic E-state index is -0.940. The van der Waals surface area contributed by atoms with Gasteiger partial charge in [0.05, 0.1) is 11.3 Å². The summed E-state index contributed by atoms with van der Waals surface area (Å²) in [6.45, 7) is 0. The smallest absolute Gasteiger partial charge is 0.259 e. The third-order valence-corrected chi connectivity index (χ3v) is 6.44. The van der Waals surface area contributed by atoms with Crippen LogP contribution in [0.3, 0.4) is 0 Å². The number of nitrogens with zero attached hydrogens (tertiary/aromatic N) is 1. The summed E-state index contributed by atoms with van der Waals surface area (Å²) in [6, 6.07) is 12.3. The highest BCUT2D eigenvalue weighted by Gasteiger charge is 2.24. The Kier molecular flexibility index (Phi) is 6.10. The minimum Gasteiger partial charge on any atom is -0.353 e. The Labute approximate surface area is 179 Å². The quantitative estimate of drug-likeness (QED) is 0.517. The average Bonchev–Trinajstić information content (AvgIpc) is 3.44. The van der Waals surface area contributed by atoms with Gasteiger partial charge < -0.3 is 10.6 Å². The number of thioether (sulfide) groups is 1. The Balaban J connectivity index is 1.55. The molecule has 1 aliphatic carbocycles. The zero-order chi connectivity index (χ0) is 21.1. The lowest BCUT2D eigenvalue weighted by molar-refractivity contribution is -0.118. The van der Waals surface area contributed by atoms with Crippen molar-refractivity contribution >= 4 is 39.9 Å². The van der Waals surface area contributed by atoms with Crippen LogP contribution in [0.5, 0.6) is 0 Å². The number of aromatic nitrogens is 1. The molecular weight excluding hydrogens is 428 g/mol. The molecule has 1 saturated carbocycles. The van der Waals surface area contributed by atoms with Crippen LogP contribution in [0, 0.1) is 11.6 Å². The molecule has 2 amide bonds. The number of rotatable bonds is 7. The number of hydrogen-bond acceptors (Lipinski definition) is 5. The van der Waals surface area contributed by atoms with Gasteiger partial charge in [0.1, 0.15) is 22.3 Å². The summed E-state index contributed by atoms with van der Waals surface area (Å²) in [5, 5.41) is 6.02. The Morgan fingerprint density at radius 1 is 1.13 bits per heavy atom. The zero-order valence-electron chi connectivity index (χ0n) is 15.7. The number of anilines is 1. The second kappa shape index (κ2) is 8.93. The Morgan fingerprint density at radius 3 is 2.60 bits per heavy atom. The maximum atomic E-state index is 14.0. The van der Waals surface area contributed by atoms with Crippen LogP contribution >= 0.6 is 23.1 Å². The van der Waals surface area contributed by atoms with Crippen LogP contribution in [0.2, 0.25) is 0 Å². The fourth-order valence-corrected chi connectivity index (χ4v) is 4.58. The molecule has 0 atom stereocenters. The fraction of sp³-hybridized carbons (Fsp3) is 0.190. The molecule has 0 aliphatic heterocycles. The molecule has 0 saturated heterocycles.